The zero-order chi connectivity index (χ0) is 13.4. The van der Waals surface area contributed by atoms with Gasteiger partial charge in [0, 0.05) is 18.2 Å². The molecule has 2 heterocycles. The van der Waals surface area contributed by atoms with E-state index in [2.05, 4.69) is 20.2 Å². The number of hydrogen-bond donors (Lipinski definition) is 3. The van der Waals surface area contributed by atoms with Gasteiger partial charge in [0.15, 0.2) is 5.82 Å². The van der Waals surface area contributed by atoms with Crippen molar-refractivity contribution in [2.45, 2.75) is 19.3 Å². The Morgan fingerprint density at radius 3 is 2.95 bits per heavy atom. The lowest BCUT2D eigenvalue weighted by Crippen LogP contribution is -2.22. The fraction of sp³-hybridized carbons (Fsp3) is 0.333. The number of rotatable bonds is 2. The molecule has 1 atom stereocenters. The summed E-state index contributed by atoms with van der Waals surface area (Å²) in [6.45, 7) is 0. The lowest BCUT2D eigenvalue weighted by atomic mass is 9.90. The van der Waals surface area contributed by atoms with Crippen molar-refractivity contribution in [2.75, 3.05) is 0 Å². The molecule has 98 valence electrons. The molecule has 0 radical (unpaired) electrons. The third-order valence-corrected chi connectivity index (χ3v) is 3.32. The predicted octanol–water partition coefficient (Wildman–Crippen LogP) is 0.349. The molecule has 3 rings (SSSR count). The number of aromatic amines is 2. The molecule has 19 heavy (non-hydrogen) atoms. The molecule has 1 aliphatic rings. The molecule has 1 unspecified atom stereocenters. The first-order valence-electron chi connectivity index (χ1n) is 6.00. The summed E-state index contributed by atoms with van der Waals surface area (Å²) in [6.07, 6.45) is 1.71. The molecular weight excluding hydrogens is 248 g/mol. The Kier molecular flexibility index (Phi) is 2.66. The lowest BCUT2D eigenvalue weighted by molar-refractivity contribution is -0.142. The highest BCUT2D eigenvalue weighted by atomic mass is 16.4. The van der Waals surface area contributed by atoms with E-state index in [0.717, 1.165) is 11.4 Å². The SMILES string of the molecule is O=C(O)C1CCc2nc(-c3ccc(=O)[nH]n3)[nH]c2C1. The first kappa shape index (κ1) is 11.6. The number of fused-ring (bicyclic) bond motifs is 1. The first-order valence-corrected chi connectivity index (χ1v) is 6.00. The maximum absolute atomic E-state index is 11.0. The maximum Gasteiger partial charge on any atom is 0.306 e. The van der Waals surface area contributed by atoms with Crippen LogP contribution in [0.2, 0.25) is 0 Å². The zero-order valence-electron chi connectivity index (χ0n) is 10.0. The summed E-state index contributed by atoms with van der Waals surface area (Å²) in [5.41, 5.74) is 2.01. The van der Waals surface area contributed by atoms with E-state index in [9.17, 15) is 9.59 Å². The summed E-state index contributed by atoms with van der Waals surface area (Å²) in [7, 11) is 0. The van der Waals surface area contributed by atoms with E-state index in [1.54, 1.807) is 6.07 Å². The summed E-state index contributed by atoms with van der Waals surface area (Å²) in [5.74, 6) is -0.569. The van der Waals surface area contributed by atoms with Gasteiger partial charge in [-0.1, -0.05) is 0 Å². The largest absolute Gasteiger partial charge is 0.481 e. The molecule has 2 aromatic heterocycles. The number of imidazole rings is 1. The standard InChI is InChI=1S/C12H12N4O3/c17-10-4-3-8(15-16-10)11-13-7-2-1-6(12(18)19)5-9(7)14-11/h3-4,6H,1-2,5H2,(H,13,14)(H,16,17)(H,18,19). The molecule has 3 N–H and O–H groups in total. The molecule has 2 aromatic rings. The molecule has 0 bridgehead atoms. The van der Waals surface area contributed by atoms with E-state index in [1.807, 2.05) is 0 Å². The monoisotopic (exact) mass is 260 g/mol. The molecule has 0 saturated carbocycles. The number of H-pyrrole nitrogens is 2. The molecule has 0 aliphatic heterocycles. The minimum Gasteiger partial charge on any atom is -0.481 e. The van der Waals surface area contributed by atoms with Crippen molar-refractivity contribution in [1.82, 2.24) is 20.2 Å². The second-order valence-electron chi connectivity index (χ2n) is 4.60. The van der Waals surface area contributed by atoms with Gasteiger partial charge >= 0.3 is 5.97 Å². The normalized spacial score (nSPS) is 18.0. The van der Waals surface area contributed by atoms with Crippen LogP contribution >= 0.6 is 0 Å². The summed E-state index contributed by atoms with van der Waals surface area (Å²) in [5, 5.41) is 15.3. The Morgan fingerprint density at radius 2 is 2.26 bits per heavy atom. The van der Waals surface area contributed by atoms with E-state index in [1.165, 1.54) is 6.07 Å². The molecule has 1 aliphatic carbocycles. The van der Waals surface area contributed by atoms with Gasteiger partial charge in [-0.2, -0.15) is 5.10 Å². The van der Waals surface area contributed by atoms with E-state index < -0.39 is 5.97 Å². The fourth-order valence-corrected chi connectivity index (χ4v) is 2.29. The number of aliphatic carboxylic acids is 1. The number of carboxylic acid groups (broad SMARTS) is 1. The van der Waals surface area contributed by atoms with E-state index >= 15 is 0 Å². The van der Waals surface area contributed by atoms with Gasteiger partial charge in [0.1, 0.15) is 5.69 Å². The van der Waals surface area contributed by atoms with Gasteiger partial charge in [-0.25, -0.2) is 10.1 Å². The van der Waals surface area contributed by atoms with Crippen molar-refractivity contribution < 1.29 is 9.90 Å². The van der Waals surface area contributed by atoms with Gasteiger partial charge < -0.3 is 10.1 Å². The Balaban J connectivity index is 1.93. The van der Waals surface area contributed by atoms with Crippen LogP contribution in [-0.4, -0.2) is 31.2 Å². The highest BCUT2D eigenvalue weighted by Crippen LogP contribution is 2.26. The predicted molar refractivity (Wildman–Crippen MR) is 65.6 cm³/mol. The van der Waals surface area contributed by atoms with Gasteiger partial charge in [0.2, 0.25) is 0 Å². The van der Waals surface area contributed by atoms with Crippen molar-refractivity contribution in [3.05, 3.63) is 33.9 Å². The van der Waals surface area contributed by atoms with Crippen molar-refractivity contribution in [3.63, 3.8) is 0 Å². The second-order valence-corrected chi connectivity index (χ2v) is 4.60. The van der Waals surface area contributed by atoms with Crippen LogP contribution < -0.4 is 5.56 Å². The quantitative estimate of drug-likeness (QED) is 0.721. The van der Waals surface area contributed by atoms with Crippen LogP contribution in [0.3, 0.4) is 0 Å². The van der Waals surface area contributed by atoms with Gasteiger partial charge in [-0.05, 0) is 18.9 Å². The number of aryl methyl sites for hydroxylation is 1. The number of carbonyl (C=O) groups is 1. The topological polar surface area (TPSA) is 112 Å². The van der Waals surface area contributed by atoms with Gasteiger partial charge in [0.05, 0.1) is 11.6 Å². The van der Waals surface area contributed by atoms with Crippen molar-refractivity contribution in [1.29, 1.82) is 0 Å². The Morgan fingerprint density at radius 1 is 1.42 bits per heavy atom. The number of hydrogen-bond acceptors (Lipinski definition) is 4. The number of nitrogens with zero attached hydrogens (tertiary/aromatic N) is 2. The van der Waals surface area contributed by atoms with E-state index in [-0.39, 0.29) is 11.5 Å². The van der Waals surface area contributed by atoms with E-state index in [0.29, 0.717) is 30.8 Å². The lowest BCUT2D eigenvalue weighted by Gasteiger charge is -2.16. The Hall–Kier alpha value is -2.44. The highest BCUT2D eigenvalue weighted by Gasteiger charge is 2.27. The summed E-state index contributed by atoms with van der Waals surface area (Å²) >= 11 is 0. The molecule has 7 heteroatoms. The minimum absolute atomic E-state index is 0.272. The Bertz CT molecular complexity index is 668. The van der Waals surface area contributed by atoms with Crippen LogP contribution in [0.15, 0.2) is 16.9 Å². The van der Waals surface area contributed by atoms with Crippen LogP contribution in [0, 0.1) is 5.92 Å². The smallest absolute Gasteiger partial charge is 0.306 e. The molecule has 0 saturated heterocycles. The van der Waals surface area contributed by atoms with Crippen molar-refractivity contribution >= 4 is 5.97 Å². The van der Waals surface area contributed by atoms with Gasteiger partial charge in [-0.15, -0.1) is 0 Å². The molecule has 7 nitrogen and oxygen atoms in total. The molecule has 0 aromatic carbocycles. The molecule has 0 spiro atoms. The molecule has 0 amide bonds. The van der Waals surface area contributed by atoms with Gasteiger partial charge in [-0.3, -0.25) is 9.59 Å². The van der Waals surface area contributed by atoms with Crippen LogP contribution in [0.1, 0.15) is 17.8 Å². The highest BCUT2D eigenvalue weighted by molar-refractivity contribution is 5.70. The van der Waals surface area contributed by atoms with E-state index in [4.69, 9.17) is 5.11 Å². The zero-order valence-corrected chi connectivity index (χ0v) is 10.0. The summed E-state index contributed by atoms with van der Waals surface area (Å²) in [4.78, 5) is 29.5. The van der Waals surface area contributed by atoms with Crippen LogP contribution in [0.25, 0.3) is 11.5 Å². The fourth-order valence-electron chi connectivity index (χ4n) is 2.29. The van der Waals surface area contributed by atoms with Crippen LogP contribution in [-0.2, 0) is 17.6 Å². The van der Waals surface area contributed by atoms with Gasteiger partial charge in [0.25, 0.3) is 5.56 Å². The van der Waals surface area contributed by atoms with Crippen molar-refractivity contribution in [2.24, 2.45) is 5.92 Å². The summed E-state index contributed by atoms with van der Waals surface area (Å²) < 4.78 is 0. The number of nitrogens with one attached hydrogen (secondary N) is 2. The molecule has 0 fully saturated rings. The second kappa shape index (κ2) is 4.34. The first-order chi connectivity index (χ1) is 9.13. The minimum atomic E-state index is -0.774. The van der Waals surface area contributed by atoms with Crippen molar-refractivity contribution in [3.8, 4) is 11.5 Å². The molecular formula is C12H12N4O3. The average molecular weight is 260 g/mol. The average Bonchev–Trinajstić information content (AvgIpc) is 2.82. The van der Waals surface area contributed by atoms with Crippen LogP contribution in [0.4, 0.5) is 0 Å². The van der Waals surface area contributed by atoms with Crippen LogP contribution in [0.5, 0.6) is 0 Å². The summed E-state index contributed by atoms with van der Waals surface area (Å²) in [6, 6.07) is 2.96. The maximum atomic E-state index is 11.0. The third kappa shape index (κ3) is 2.14. The Labute approximate surface area is 107 Å². The number of aromatic nitrogens is 4. The third-order valence-electron chi connectivity index (χ3n) is 3.32. The number of carboxylic acids is 1.